The van der Waals surface area contributed by atoms with E-state index < -0.39 is 47.4 Å². The van der Waals surface area contributed by atoms with Crippen LogP contribution in [0.4, 0.5) is 9.59 Å². The van der Waals surface area contributed by atoms with Crippen LogP contribution in [-0.4, -0.2) is 51.8 Å². The number of imide groups is 2. The van der Waals surface area contributed by atoms with Gasteiger partial charge < -0.3 is 10.6 Å². The van der Waals surface area contributed by atoms with Gasteiger partial charge in [-0.2, -0.15) is 5.01 Å². The lowest BCUT2D eigenvalue weighted by Crippen LogP contribution is -2.52. The topological polar surface area (TPSA) is 128 Å². The molecule has 0 radical (unpaired) electrons. The predicted octanol–water partition coefficient (Wildman–Crippen LogP) is 0.740. The van der Waals surface area contributed by atoms with Crippen LogP contribution in [0.3, 0.4) is 0 Å². The van der Waals surface area contributed by atoms with Crippen LogP contribution in [0.15, 0.2) is 30.3 Å². The lowest BCUT2D eigenvalue weighted by molar-refractivity contribution is -0.141. The van der Waals surface area contributed by atoms with E-state index in [1.54, 1.807) is 37.3 Å². The van der Waals surface area contributed by atoms with Crippen LogP contribution >= 0.6 is 0 Å². The molecular formula is C20H23N5O5. The highest BCUT2D eigenvalue weighted by molar-refractivity contribution is 6.11. The predicted molar refractivity (Wildman–Crippen MR) is 103 cm³/mol. The van der Waals surface area contributed by atoms with Crippen LogP contribution in [0.2, 0.25) is 0 Å². The van der Waals surface area contributed by atoms with Crippen molar-refractivity contribution in [1.82, 2.24) is 26.0 Å². The van der Waals surface area contributed by atoms with E-state index >= 15 is 0 Å². The Balaban J connectivity index is 1.47. The lowest BCUT2D eigenvalue weighted by atomic mass is 9.87. The number of hydrogen-bond donors (Lipinski definition) is 3. The van der Waals surface area contributed by atoms with Crippen molar-refractivity contribution in [3.8, 4) is 0 Å². The van der Waals surface area contributed by atoms with Gasteiger partial charge in [0.15, 0.2) is 0 Å². The maximum Gasteiger partial charge on any atom is 0.344 e. The largest absolute Gasteiger partial charge is 0.344 e. The highest BCUT2D eigenvalue weighted by Gasteiger charge is 2.54. The molecule has 2 aliphatic heterocycles. The summed E-state index contributed by atoms with van der Waals surface area (Å²) in [5.74, 6) is -1.87. The van der Waals surface area contributed by atoms with Gasteiger partial charge in [-0.15, -0.1) is 0 Å². The molecular weight excluding hydrogens is 390 g/mol. The number of hydrazine groups is 1. The first kappa shape index (κ1) is 19.9. The Morgan fingerprint density at radius 2 is 1.67 bits per heavy atom. The van der Waals surface area contributed by atoms with E-state index in [0.29, 0.717) is 23.4 Å². The number of hydrogen-bond acceptors (Lipinski definition) is 5. The second-order valence-electron chi connectivity index (χ2n) is 7.84. The fraction of sp³-hybridized carbons (Fsp3) is 0.450. The summed E-state index contributed by atoms with van der Waals surface area (Å²) in [6.07, 6.45) is 3.02. The molecule has 7 amide bonds. The minimum Gasteiger partial charge on any atom is -0.323 e. The maximum absolute atomic E-state index is 13.0. The van der Waals surface area contributed by atoms with Gasteiger partial charge in [0.25, 0.3) is 17.7 Å². The lowest BCUT2D eigenvalue weighted by Gasteiger charge is -2.25. The van der Waals surface area contributed by atoms with Crippen molar-refractivity contribution in [2.24, 2.45) is 0 Å². The molecule has 1 saturated carbocycles. The maximum atomic E-state index is 13.0. The van der Waals surface area contributed by atoms with Crippen molar-refractivity contribution in [2.45, 2.75) is 50.1 Å². The van der Waals surface area contributed by atoms with E-state index in [4.69, 9.17) is 0 Å². The molecule has 1 aromatic rings. The molecule has 0 bridgehead atoms. The van der Waals surface area contributed by atoms with Gasteiger partial charge in [-0.1, -0.05) is 50.1 Å². The third-order valence-electron chi connectivity index (χ3n) is 6.13. The monoisotopic (exact) mass is 413 g/mol. The first-order chi connectivity index (χ1) is 14.3. The van der Waals surface area contributed by atoms with Crippen LogP contribution in [0.5, 0.6) is 0 Å². The molecule has 1 spiro atoms. The number of nitrogens with zero attached hydrogens (tertiary/aromatic N) is 2. The average Bonchev–Trinajstić information content (AvgIpc) is 3.37. The highest BCUT2D eigenvalue weighted by Crippen LogP contribution is 2.35. The molecule has 10 heteroatoms. The van der Waals surface area contributed by atoms with E-state index in [1.165, 1.54) is 0 Å². The first-order valence-electron chi connectivity index (χ1n) is 9.99. The van der Waals surface area contributed by atoms with Gasteiger partial charge in [0, 0.05) is 0 Å². The van der Waals surface area contributed by atoms with E-state index in [2.05, 4.69) is 16.1 Å². The Morgan fingerprint density at radius 1 is 1.00 bits per heavy atom. The first-order valence-corrected chi connectivity index (χ1v) is 9.99. The summed E-state index contributed by atoms with van der Waals surface area (Å²) in [6.45, 7) is 1.18. The summed E-state index contributed by atoms with van der Waals surface area (Å²) in [5, 5.41) is 5.95. The highest BCUT2D eigenvalue weighted by atomic mass is 16.2. The molecule has 3 fully saturated rings. The number of carbonyl (C=O) groups excluding carboxylic acids is 5. The van der Waals surface area contributed by atoms with Gasteiger partial charge in [-0.3, -0.25) is 24.7 Å². The number of carbonyl (C=O) groups is 5. The molecule has 3 aliphatic rings. The van der Waals surface area contributed by atoms with Crippen LogP contribution in [0.1, 0.15) is 44.6 Å². The van der Waals surface area contributed by atoms with Gasteiger partial charge >= 0.3 is 12.1 Å². The number of benzene rings is 1. The number of amides is 7. The normalized spacial score (nSPS) is 25.1. The van der Waals surface area contributed by atoms with Crippen molar-refractivity contribution in [1.29, 1.82) is 0 Å². The third-order valence-corrected chi connectivity index (χ3v) is 6.13. The zero-order valence-corrected chi connectivity index (χ0v) is 16.6. The van der Waals surface area contributed by atoms with Crippen LogP contribution in [-0.2, 0) is 19.9 Å². The quantitative estimate of drug-likeness (QED) is 0.614. The Hall–Kier alpha value is -3.43. The fourth-order valence-electron chi connectivity index (χ4n) is 4.48. The van der Waals surface area contributed by atoms with Crippen molar-refractivity contribution in [3.63, 3.8) is 0 Å². The summed E-state index contributed by atoms with van der Waals surface area (Å²) >= 11 is 0. The summed E-state index contributed by atoms with van der Waals surface area (Å²) in [6, 6.07) is 7.34. The summed E-state index contributed by atoms with van der Waals surface area (Å²) in [4.78, 5) is 63.8. The molecule has 1 aliphatic carbocycles. The molecule has 3 N–H and O–H groups in total. The molecule has 4 rings (SSSR count). The van der Waals surface area contributed by atoms with Crippen molar-refractivity contribution < 1.29 is 24.0 Å². The molecule has 2 saturated heterocycles. The molecule has 0 aromatic heterocycles. The Bertz CT molecular complexity index is 927. The Labute approximate surface area is 172 Å². The second-order valence-corrected chi connectivity index (χ2v) is 7.84. The Kier molecular flexibility index (Phi) is 4.71. The number of urea groups is 2. The van der Waals surface area contributed by atoms with E-state index in [1.807, 2.05) is 0 Å². The van der Waals surface area contributed by atoms with Crippen molar-refractivity contribution >= 4 is 29.8 Å². The van der Waals surface area contributed by atoms with Crippen LogP contribution in [0.25, 0.3) is 0 Å². The number of nitrogens with one attached hydrogen (secondary N) is 3. The van der Waals surface area contributed by atoms with Crippen molar-refractivity contribution in [2.75, 3.05) is 6.54 Å². The Morgan fingerprint density at radius 3 is 2.30 bits per heavy atom. The van der Waals surface area contributed by atoms with E-state index in [-0.39, 0.29) is 6.42 Å². The van der Waals surface area contributed by atoms with Crippen LogP contribution < -0.4 is 16.1 Å². The zero-order valence-electron chi connectivity index (χ0n) is 16.6. The van der Waals surface area contributed by atoms with Gasteiger partial charge in [-0.25, -0.2) is 9.59 Å². The van der Waals surface area contributed by atoms with E-state index in [0.717, 1.165) is 17.7 Å². The van der Waals surface area contributed by atoms with Gasteiger partial charge in [0.2, 0.25) is 0 Å². The fourth-order valence-corrected chi connectivity index (χ4v) is 4.48. The smallest absolute Gasteiger partial charge is 0.323 e. The zero-order chi connectivity index (χ0) is 21.5. The standard InChI is InChI=1S/C20H23N5O5/c1-2-20(13-8-4-3-5-9-13)16(28)25(18(30)22-20)23-14(26)12-24-15(27)19(21-17(24)29)10-6-7-11-19/h3-5,8-9H,2,6-7,10-12H2,1H3,(H,21,29)(H,22,30)(H,23,26)/t20-/m0/s1. The molecule has 30 heavy (non-hydrogen) atoms. The molecule has 158 valence electrons. The second kappa shape index (κ2) is 7.12. The molecule has 1 atom stereocenters. The molecule has 1 aromatic carbocycles. The third kappa shape index (κ3) is 2.90. The van der Waals surface area contributed by atoms with E-state index in [9.17, 15) is 24.0 Å². The summed E-state index contributed by atoms with van der Waals surface area (Å²) < 4.78 is 0. The molecule has 2 heterocycles. The summed E-state index contributed by atoms with van der Waals surface area (Å²) in [7, 11) is 0. The average molecular weight is 413 g/mol. The SMILES string of the molecule is CC[C@@]1(c2ccccc2)NC(=O)N(NC(=O)CN2C(=O)NC3(CCCC3)C2=O)C1=O. The molecule has 0 unspecified atom stereocenters. The molecule has 10 nitrogen and oxygen atoms in total. The minimum absolute atomic E-state index is 0.281. The van der Waals surface area contributed by atoms with Gasteiger partial charge in [0.1, 0.15) is 17.6 Å². The van der Waals surface area contributed by atoms with Gasteiger partial charge in [0.05, 0.1) is 0 Å². The van der Waals surface area contributed by atoms with Gasteiger partial charge in [-0.05, 0) is 24.8 Å². The number of rotatable bonds is 5. The summed E-state index contributed by atoms with van der Waals surface area (Å²) in [5.41, 5.74) is 0.621. The van der Waals surface area contributed by atoms with Crippen molar-refractivity contribution in [3.05, 3.63) is 35.9 Å². The van der Waals surface area contributed by atoms with Crippen LogP contribution in [0, 0.1) is 0 Å². The minimum atomic E-state index is -1.29.